The lowest BCUT2D eigenvalue weighted by Gasteiger charge is -2.09. The number of hydrogen-bond acceptors (Lipinski definition) is 4. The van der Waals surface area contributed by atoms with Gasteiger partial charge in [-0.2, -0.15) is 0 Å². The number of nitrogens with one attached hydrogen (secondary N) is 3. The van der Waals surface area contributed by atoms with E-state index >= 15 is 0 Å². The number of amides is 3. The maximum atomic E-state index is 11.9. The van der Waals surface area contributed by atoms with Gasteiger partial charge in [0, 0.05) is 15.8 Å². The van der Waals surface area contributed by atoms with E-state index in [2.05, 4.69) is 31.9 Å². The fraction of sp³-hybridized carbons (Fsp3) is 0.118. The van der Waals surface area contributed by atoms with Gasteiger partial charge in [-0.15, -0.1) is 0 Å². The highest BCUT2D eigenvalue weighted by molar-refractivity contribution is 9.10. The molecule has 0 aliphatic carbocycles. The van der Waals surface area contributed by atoms with Crippen LogP contribution in [0.4, 0.5) is 11.4 Å². The van der Waals surface area contributed by atoms with Gasteiger partial charge in [0.2, 0.25) is 5.91 Å². The van der Waals surface area contributed by atoms with E-state index in [1.54, 1.807) is 36.4 Å². The first-order valence-corrected chi connectivity index (χ1v) is 8.54. The average Bonchev–Trinajstić information content (AvgIpc) is 2.61. The molecule has 0 spiro atoms. The fourth-order valence-corrected chi connectivity index (χ4v) is 2.43. The van der Waals surface area contributed by atoms with Gasteiger partial charge in [0.25, 0.3) is 0 Å². The second-order valence-electron chi connectivity index (χ2n) is 5.04. The normalized spacial score (nSPS) is 9.96. The number of methoxy groups -OCH3 is 1. The Balaban J connectivity index is 1.82. The summed E-state index contributed by atoms with van der Waals surface area (Å²) in [5.41, 5.74) is 0.903. The van der Waals surface area contributed by atoms with Crippen LogP contribution in [0.2, 0.25) is 5.02 Å². The molecule has 0 atom stereocenters. The molecule has 0 radical (unpaired) electrons. The van der Waals surface area contributed by atoms with Crippen LogP contribution < -0.4 is 20.7 Å². The van der Waals surface area contributed by atoms with Gasteiger partial charge >= 0.3 is 11.8 Å². The van der Waals surface area contributed by atoms with Crippen LogP contribution in [0.1, 0.15) is 0 Å². The molecule has 3 N–H and O–H groups in total. The highest BCUT2D eigenvalue weighted by atomic mass is 79.9. The zero-order valence-corrected chi connectivity index (χ0v) is 16.0. The highest BCUT2D eigenvalue weighted by Crippen LogP contribution is 2.27. The highest BCUT2D eigenvalue weighted by Gasteiger charge is 2.15. The Morgan fingerprint density at radius 3 is 2.27 bits per heavy atom. The van der Waals surface area contributed by atoms with Gasteiger partial charge in [0.15, 0.2) is 0 Å². The van der Waals surface area contributed by atoms with E-state index in [0.717, 1.165) is 4.47 Å². The first kappa shape index (κ1) is 19.7. The maximum absolute atomic E-state index is 11.9. The van der Waals surface area contributed by atoms with E-state index in [1.165, 1.54) is 13.2 Å². The monoisotopic (exact) mass is 439 g/mol. The second-order valence-corrected chi connectivity index (χ2v) is 6.36. The van der Waals surface area contributed by atoms with Gasteiger partial charge < -0.3 is 20.7 Å². The Labute approximate surface area is 163 Å². The van der Waals surface area contributed by atoms with Crippen LogP contribution in [0.5, 0.6) is 5.75 Å². The van der Waals surface area contributed by atoms with Crippen molar-refractivity contribution in [1.29, 1.82) is 0 Å². The average molecular weight is 441 g/mol. The third-order valence-electron chi connectivity index (χ3n) is 3.15. The van der Waals surface area contributed by atoms with Crippen molar-refractivity contribution in [2.75, 3.05) is 24.3 Å². The van der Waals surface area contributed by atoms with Crippen molar-refractivity contribution in [1.82, 2.24) is 5.32 Å². The van der Waals surface area contributed by atoms with Gasteiger partial charge in [-0.05, 0) is 42.5 Å². The molecule has 26 heavy (non-hydrogen) atoms. The predicted molar refractivity (Wildman–Crippen MR) is 102 cm³/mol. The molecule has 136 valence electrons. The quantitative estimate of drug-likeness (QED) is 0.623. The molecule has 0 saturated heterocycles. The number of benzene rings is 2. The van der Waals surface area contributed by atoms with Gasteiger partial charge in [0.05, 0.1) is 18.7 Å². The Morgan fingerprint density at radius 1 is 1.00 bits per heavy atom. The molecule has 0 saturated carbocycles. The standard InChI is InChI=1S/C17H15BrClN3O4/c1-26-14-7-6-12(8-13(14)19)21-15(23)9-20-16(24)17(25)22-11-4-2-10(18)3-5-11/h2-8H,9H2,1H3,(H,20,24)(H,21,23)(H,22,25). The zero-order valence-electron chi connectivity index (χ0n) is 13.6. The number of ether oxygens (including phenoxy) is 1. The first-order chi connectivity index (χ1) is 12.4. The van der Waals surface area contributed by atoms with Crippen LogP contribution in [-0.2, 0) is 14.4 Å². The number of hydrogen-bond donors (Lipinski definition) is 3. The molecular formula is C17H15BrClN3O4. The second kappa shape index (κ2) is 9.21. The number of carbonyl (C=O) groups is 3. The van der Waals surface area contributed by atoms with Gasteiger partial charge in [-0.1, -0.05) is 27.5 Å². The topological polar surface area (TPSA) is 96.5 Å². The summed E-state index contributed by atoms with van der Waals surface area (Å²) < 4.78 is 5.86. The SMILES string of the molecule is COc1ccc(NC(=O)CNC(=O)C(=O)Nc2ccc(Br)cc2)cc1Cl. The first-order valence-electron chi connectivity index (χ1n) is 7.37. The van der Waals surface area contributed by atoms with E-state index in [-0.39, 0.29) is 6.54 Å². The molecule has 3 amide bonds. The minimum absolute atomic E-state index is 0.336. The Bertz CT molecular complexity index is 827. The van der Waals surface area contributed by atoms with E-state index in [0.29, 0.717) is 22.1 Å². The molecule has 2 aromatic carbocycles. The Kier molecular flexibility index (Phi) is 6.99. The van der Waals surface area contributed by atoms with Gasteiger partial charge in [-0.25, -0.2) is 0 Å². The van der Waals surface area contributed by atoms with E-state index in [1.807, 2.05) is 0 Å². The number of anilines is 2. The van der Waals surface area contributed by atoms with Crippen LogP contribution >= 0.6 is 27.5 Å². The minimum Gasteiger partial charge on any atom is -0.495 e. The molecule has 2 rings (SSSR count). The molecule has 0 heterocycles. The number of carbonyl (C=O) groups excluding carboxylic acids is 3. The van der Waals surface area contributed by atoms with Crippen molar-refractivity contribution >= 4 is 56.6 Å². The number of rotatable bonds is 5. The molecule has 7 nitrogen and oxygen atoms in total. The fourth-order valence-electron chi connectivity index (χ4n) is 1.91. The smallest absolute Gasteiger partial charge is 0.313 e. The summed E-state index contributed by atoms with van der Waals surface area (Å²) >= 11 is 9.24. The van der Waals surface area contributed by atoms with Crippen LogP contribution in [0.15, 0.2) is 46.9 Å². The predicted octanol–water partition coefficient (Wildman–Crippen LogP) is 2.80. The Hall–Kier alpha value is -2.58. The summed E-state index contributed by atoms with van der Waals surface area (Å²) in [6.45, 7) is -0.365. The summed E-state index contributed by atoms with van der Waals surface area (Å²) in [5.74, 6) is -1.82. The molecule has 0 fully saturated rings. The van der Waals surface area contributed by atoms with Crippen LogP contribution in [0.3, 0.4) is 0 Å². The van der Waals surface area contributed by atoms with Gasteiger partial charge in [-0.3, -0.25) is 14.4 Å². The lowest BCUT2D eigenvalue weighted by atomic mass is 10.3. The largest absolute Gasteiger partial charge is 0.495 e. The van der Waals surface area contributed by atoms with Crippen molar-refractivity contribution in [2.24, 2.45) is 0 Å². The third kappa shape index (κ3) is 5.75. The van der Waals surface area contributed by atoms with Gasteiger partial charge in [0.1, 0.15) is 5.75 Å². The summed E-state index contributed by atoms with van der Waals surface area (Å²) in [7, 11) is 1.48. The molecule has 9 heteroatoms. The van der Waals surface area contributed by atoms with E-state index in [9.17, 15) is 14.4 Å². The molecule has 0 aromatic heterocycles. The third-order valence-corrected chi connectivity index (χ3v) is 3.98. The summed E-state index contributed by atoms with van der Waals surface area (Å²) in [4.78, 5) is 35.4. The molecule has 0 bridgehead atoms. The van der Waals surface area contributed by atoms with E-state index < -0.39 is 17.7 Å². The maximum Gasteiger partial charge on any atom is 0.313 e. The van der Waals surface area contributed by atoms with Crippen molar-refractivity contribution in [3.63, 3.8) is 0 Å². The summed E-state index contributed by atoms with van der Waals surface area (Å²) in [6, 6.07) is 11.4. The Morgan fingerprint density at radius 2 is 1.65 bits per heavy atom. The lowest BCUT2D eigenvalue weighted by Crippen LogP contribution is -2.39. The van der Waals surface area contributed by atoms with Crippen LogP contribution in [0.25, 0.3) is 0 Å². The van der Waals surface area contributed by atoms with Crippen LogP contribution in [0, 0.1) is 0 Å². The van der Waals surface area contributed by atoms with Crippen molar-refractivity contribution in [3.05, 3.63) is 52.0 Å². The lowest BCUT2D eigenvalue weighted by molar-refractivity contribution is -0.136. The number of halogens is 2. The zero-order chi connectivity index (χ0) is 19.1. The molecule has 0 aliphatic rings. The van der Waals surface area contributed by atoms with Crippen molar-refractivity contribution < 1.29 is 19.1 Å². The molecule has 2 aromatic rings. The summed E-state index contributed by atoms with van der Waals surface area (Å²) in [5, 5.41) is 7.56. The van der Waals surface area contributed by atoms with Crippen LogP contribution in [-0.4, -0.2) is 31.4 Å². The summed E-state index contributed by atoms with van der Waals surface area (Å²) in [6.07, 6.45) is 0. The van der Waals surface area contributed by atoms with Crippen molar-refractivity contribution in [2.45, 2.75) is 0 Å². The minimum atomic E-state index is -0.921. The molecule has 0 aliphatic heterocycles. The molecule has 0 unspecified atom stereocenters. The van der Waals surface area contributed by atoms with E-state index in [4.69, 9.17) is 16.3 Å². The molecular weight excluding hydrogens is 426 g/mol. The van der Waals surface area contributed by atoms with Crippen molar-refractivity contribution in [3.8, 4) is 5.75 Å².